The molecule has 0 bridgehead atoms. The minimum Gasteiger partial charge on any atom is -0.486 e. The molecular weight excluding hydrogens is 374 g/mol. The number of amides is 2. The predicted octanol–water partition coefficient (Wildman–Crippen LogP) is 2.37. The molecule has 1 saturated heterocycles. The summed E-state index contributed by atoms with van der Waals surface area (Å²) in [6.45, 7) is 5.79. The van der Waals surface area contributed by atoms with E-state index in [1.165, 1.54) is 0 Å². The summed E-state index contributed by atoms with van der Waals surface area (Å²) >= 11 is 0. The molecule has 0 aliphatic carbocycles. The van der Waals surface area contributed by atoms with E-state index in [4.69, 9.17) is 14.0 Å². The highest BCUT2D eigenvalue weighted by atomic mass is 16.6. The number of nitrogens with zero attached hydrogens (tertiary/aromatic N) is 2. The van der Waals surface area contributed by atoms with Crippen LogP contribution in [0.15, 0.2) is 22.7 Å². The van der Waals surface area contributed by atoms with Gasteiger partial charge in [0.15, 0.2) is 11.5 Å². The third-order valence-electron chi connectivity index (χ3n) is 5.48. The first-order chi connectivity index (χ1) is 14.0. The summed E-state index contributed by atoms with van der Waals surface area (Å²) in [5.41, 5.74) is 2.29. The van der Waals surface area contributed by atoms with Gasteiger partial charge in [-0.2, -0.15) is 0 Å². The lowest BCUT2D eigenvalue weighted by Gasteiger charge is -2.21. The first kappa shape index (κ1) is 19.3. The largest absolute Gasteiger partial charge is 0.486 e. The SMILES string of the molecule is Cc1noc(C)c1CN1CCC(NC(=O)c2ccc3c(c2)OCCO3)CCC1=O. The number of carbonyl (C=O) groups is 2. The average Bonchev–Trinajstić information content (AvgIpc) is 2.94. The molecule has 1 N–H and O–H groups in total. The second-order valence-electron chi connectivity index (χ2n) is 7.47. The number of fused-ring (bicyclic) bond motifs is 1. The Morgan fingerprint density at radius 3 is 2.76 bits per heavy atom. The van der Waals surface area contributed by atoms with Gasteiger partial charge in [0, 0.05) is 30.1 Å². The van der Waals surface area contributed by atoms with Crippen LogP contribution in [0.5, 0.6) is 11.5 Å². The smallest absolute Gasteiger partial charge is 0.251 e. The van der Waals surface area contributed by atoms with Crippen molar-refractivity contribution in [1.82, 2.24) is 15.4 Å². The number of benzene rings is 1. The lowest BCUT2D eigenvalue weighted by atomic mass is 10.1. The van der Waals surface area contributed by atoms with Crippen molar-refractivity contribution in [3.8, 4) is 11.5 Å². The summed E-state index contributed by atoms with van der Waals surface area (Å²) in [6, 6.07) is 5.13. The Hall–Kier alpha value is -3.03. The highest BCUT2D eigenvalue weighted by Crippen LogP contribution is 2.30. The number of aryl methyl sites for hydroxylation is 2. The fourth-order valence-electron chi connectivity index (χ4n) is 3.72. The fourth-order valence-corrected chi connectivity index (χ4v) is 3.72. The number of nitrogens with one attached hydrogen (secondary N) is 1. The molecule has 2 aliphatic heterocycles. The number of carbonyl (C=O) groups excluding carboxylic acids is 2. The molecule has 2 aliphatic rings. The van der Waals surface area contributed by atoms with E-state index in [1.807, 2.05) is 18.7 Å². The molecule has 2 aromatic rings. The van der Waals surface area contributed by atoms with E-state index in [1.54, 1.807) is 18.2 Å². The van der Waals surface area contributed by atoms with Crippen molar-refractivity contribution < 1.29 is 23.6 Å². The van der Waals surface area contributed by atoms with Gasteiger partial charge in [0.05, 0.1) is 12.2 Å². The summed E-state index contributed by atoms with van der Waals surface area (Å²) in [4.78, 5) is 27.1. The van der Waals surface area contributed by atoms with Crippen molar-refractivity contribution in [2.75, 3.05) is 19.8 Å². The zero-order valence-electron chi connectivity index (χ0n) is 16.7. The van der Waals surface area contributed by atoms with Crippen LogP contribution in [0.4, 0.5) is 0 Å². The Kier molecular flexibility index (Phi) is 5.42. The molecule has 8 heteroatoms. The number of hydrogen-bond acceptors (Lipinski definition) is 6. The summed E-state index contributed by atoms with van der Waals surface area (Å²) in [7, 11) is 0. The van der Waals surface area contributed by atoms with Gasteiger partial charge in [0.2, 0.25) is 5.91 Å². The quantitative estimate of drug-likeness (QED) is 0.848. The van der Waals surface area contributed by atoms with Gasteiger partial charge in [-0.25, -0.2) is 0 Å². The number of ether oxygens (including phenoxy) is 2. The molecule has 8 nitrogen and oxygen atoms in total. The van der Waals surface area contributed by atoms with Crippen molar-refractivity contribution in [3.05, 3.63) is 40.8 Å². The van der Waals surface area contributed by atoms with Crippen LogP contribution < -0.4 is 14.8 Å². The molecule has 1 fully saturated rings. The standard InChI is InChI=1S/C21H25N3O5/c1-13-17(14(2)29-23-13)12-24-8-7-16(4-6-20(24)25)22-21(26)15-3-5-18-19(11-15)28-10-9-27-18/h3,5,11,16H,4,6-10,12H2,1-2H3,(H,22,26). The van der Waals surface area contributed by atoms with Crippen LogP contribution >= 0.6 is 0 Å². The first-order valence-electron chi connectivity index (χ1n) is 9.91. The summed E-state index contributed by atoms with van der Waals surface area (Å²) in [5.74, 6) is 1.90. The average molecular weight is 399 g/mol. The molecule has 3 heterocycles. The minimum atomic E-state index is -0.168. The van der Waals surface area contributed by atoms with E-state index in [9.17, 15) is 9.59 Å². The molecule has 0 saturated carbocycles. The second-order valence-corrected chi connectivity index (χ2v) is 7.47. The second kappa shape index (κ2) is 8.14. The Morgan fingerprint density at radius 1 is 1.21 bits per heavy atom. The van der Waals surface area contributed by atoms with Crippen molar-refractivity contribution >= 4 is 11.8 Å². The normalized spacial score (nSPS) is 19.0. The van der Waals surface area contributed by atoms with E-state index in [-0.39, 0.29) is 17.9 Å². The lowest BCUT2D eigenvalue weighted by Crippen LogP contribution is -2.36. The van der Waals surface area contributed by atoms with Gasteiger partial charge in [-0.3, -0.25) is 9.59 Å². The van der Waals surface area contributed by atoms with E-state index < -0.39 is 0 Å². The number of likely N-dealkylation sites (tertiary alicyclic amines) is 1. The fraction of sp³-hybridized carbons (Fsp3) is 0.476. The van der Waals surface area contributed by atoms with Crippen LogP contribution in [0.25, 0.3) is 0 Å². The molecule has 154 valence electrons. The maximum Gasteiger partial charge on any atom is 0.251 e. The topological polar surface area (TPSA) is 93.9 Å². The molecule has 1 unspecified atom stereocenters. The van der Waals surface area contributed by atoms with Gasteiger partial charge >= 0.3 is 0 Å². The van der Waals surface area contributed by atoms with Crippen molar-refractivity contribution in [2.24, 2.45) is 0 Å². The third kappa shape index (κ3) is 4.21. The van der Waals surface area contributed by atoms with Gasteiger partial charge in [-0.15, -0.1) is 0 Å². The monoisotopic (exact) mass is 399 g/mol. The summed E-state index contributed by atoms with van der Waals surface area (Å²) in [6.07, 6.45) is 1.72. The van der Waals surface area contributed by atoms with Crippen LogP contribution in [0.2, 0.25) is 0 Å². The van der Waals surface area contributed by atoms with Gasteiger partial charge in [-0.05, 0) is 44.9 Å². The van der Waals surface area contributed by atoms with Crippen LogP contribution in [-0.2, 0) is 11.3 Å². The molecular formula is C21H25N3O5. The van der Waals surface area contributed by atoms with Crippen LogP contribution in [-0.4, -0.2) is 47.7 Å². The van der Waals surface area contributed by atoms with Crippen LogP contribution in [0.1, 0.15) is 46.6 Å². The lowest BCUT2D eigenvalue weighted by molar-refractivity contribution is -0.131. The van der Waals surface area contributed by atoms with Gasteiger partial charge < -0.3 is 24.2 Å². The van der Waals surface area contributed by atoms with E-state index >= 15 is 0 Å². The Morgan fingerprint density at radius 2 is 2.00 bits per heavy atom. The Labute approximate surface area is 169 Å². The summed E-state index contributed by atoms with van der Waals surface area (Å²) < 4.78 is 16.3. The van der Waals surface area contributed by atoms with Gasteiger partial charge in [0.25, 0.3) is 5.91 Å². The molecule has 0 spiro atoms. The molecule has 1 aromatic carbocycles. The minimum absolute atomic E-state index is 0.0608. The van der Waals surface area contributed by atoms with E-state index in [0.717, 1.165) is 17.0 Å². The van der Waals surface area contributed by atoms with E-state index in [0.29, 0.717) is 62.6 Å². The molecule has 1 atom stereocenters. The van der Waals surface area contributed by atoms with Crippen LogP contribution in [0, 0.1) is 13.8 Å². The van der Waals surface area contributed by atoms with Crippen molar-refractivity contribution in [3.63, 3.8) is 0 Å². The van der Waals surface area contributed by atoms with E-state index in [2.05, 4.69) is 10.5 Å². The molecule has 2 amide bonds. The van der Waals surface area contributed by atoms with Crippen molar-refractivity contribution in [1.29, 1.82) is 0 Å². The molecule has 4 rings (SSSR count). The maximum atomic E-state index is 12.7. The number of hydrogen-bond donors (Lipinski definition) is 1. The zero-order chi connectivity index (χ0) is 20.4. The molecule has 1 aromatic heterocycles. The predicted molar refractivity (Wildman–Crippen MR) is 104 cm³/mol. The number of aromatic nitrogens is 1. The van der Waals surface area contributed by atoms with Crippen LogP contribution in [0.3, 0.4) is 0 Å². The van der Waals surface area contributed by atoms with Gasteiger partial charge in [-0.1, -0.05) is 5.16 Å². The first-order valence-corrected chi connectivity index (χ1v) is 9.91. The highest BCUT2D eigenvalue weighted by molar-refractivity contribution is 5.95. The number of rotatable bonds is 4. The van der Waals surface area contributed by atoms with Crippen molar-refractivity contribution in [2.45, 2.75) is 45.7 Å². The Bertz CT molecular complexity index is 904. The zero-order valence-corrected chi connectivity index (χ0v) is 16.7. The molecule has 29 heavy (non-hydrogen) atoms. The van der Waals surface area contributed by atoms with Gasteiger partial charge in [0.1, 0.15) is 19.0 Å². The molecule has 0 radical (unpaired) electrons. The highest BCUT2D eigenvalue weighted by Gasteiger charge is 2.26. The Balaban J connectivity index is 1.38. The summed E-state index contributed by atoms with van der Waals surface area (Å²) in [5, 5.41) is 7.02. The third-order valence-corrected chi connectivity index (χ3v) is 5.48. The maximum absolute atomic E-state index is 12.7.